The van der Waals surface area contributed by atoms with Crippen LogP contribution in [0.2, 0.25) is 0 Å². The third-order valence-corrected chi connectivity index (χ3v) is 6.23. The molecule has 1 unspecified atom stereocenters. The van der Waals surface area contributed by atoms with Crippen molar-refractivity contribution in [3.63, 3.8) is 0 Å². The number of anilines is 1. The molecular weight excluding hydrogens is 448 g/mol. The van der Waals surface area contributed by atoms with Crippen molar-refractivity contribution in [3.8, 4) is 16.4 Å². The molecule has 0 aliphatic heterocycles. The van der Waals surface area contributed by atoms with Crippen LogP contribution in [-0.4, -0.2) is 32.7 Å². The van der Waals surface area contributed by atoms with E-state index in [9.17, 15) is 9.59 Å². The van der Waals surface area contributed by atoms with Gasteiger partial charge in [-0.25, -0.2) is 9.48 Å². The highest BCUT2D eigenvalue weighted by atomic mass is 32.1. The van der Waals surface area contributed by atoms with Crippen molar-refractivity contribution in [1.29, 1.82) is 0 Å². The number of para-hydroxylation sites is 2. The Kier molecular flexibility index (Phi) is 6.88. The van der Waals surface area contributed by atoms with Gasteiger partial charge in [0, 0.05) is 5.69 Å². The number of carbonyl (C=O) groups is 2. The summed E-state index contributed by atoms with van der Waals surface area (Å²) in [4.78, 5) is 31.0. The molecule has 1 amide bonds. The van der Waals surface area contributed by atoms with Gasteiger partial charge in [0.05, 0.1) is 10.6 Å². The van der Waals surface area contributed by atoms with Crippen LogP contribution in [0.5, 0.6) is 0 Å². The van der Waals surface area contributed by atoms with Crippen molar-refractivity contribution < 1.29 is 14.3 Å². The molecule has 0 aliphatic rings. The van der Waals surface area contributed by atoms with Gasteiger partial charge in [0.25, 0.3) is 11.7 Å². The van der Waals surface area contributed by atoms with Crippen LogP contribution in [0.4, 0.5) is 5.69 Å². The van der Waals surface area contributed by atoms with E-state index in [0.29, 0.717) is 5.82 Å². The number of rotatable bonds is 7. The number of hydrogen-bond acceptors (Lipinski definition) is 6. The maximum atomic E-state index is 12.9. The molecule has 1 atom stereocenters. The second-order valence-corrected chi connectivity index (χ2v) is 9.16. The molecule has 34 heavy (non-hydrogen) atoms. The molecule has 2 heterocycles. The first-order valence-electron chi connectivity index (χ1n) is 11.0. The summed E-state index contributed by atoms with van der Waals surface area (Å²) in [6.45, 7) is 7.60. The third kappa shape index (κ3) is 4.92. The summed E-state index contributed by atoms with van der Waals surface area (Å²) in [6, 6.07) is 19.1. The molecule has 2 aromatic heterocycles. The molecule has 0 spiro atoms. The number of esters is 1. The van der Waals surface area contributed by atoms with Crippen LogP contribution in [0, 0.1) is 6.92 Å². The molecule has 0 saturated heterocycles. The van der Waals surface area contributed by atoms with Gasteiger partial charge in [-0.1, -0.05) is 56.3 Å². The molecule has 7 nitrogen and oxygen atoms in total. The van der Waals surface area contributed by atoms with E-state index < -0.39 is 18.0 Å². The number of benzene rings is 2. The van der Waals surface area contributed by atoms with Gasteiger partial charge in [0.2, 0.25) is 0 Å². The number of aromatic nitrogens is 3. The molecular formula is C26H26N4O3S. The van der Waals surface area contributed by atoms with Gasteiger partial charge in [-0.3, -0.25) is 4.79 Å². The lowest BCUT2D eigenvalue weighted by Crippen LogP contribution is -2.31. The first-order chi connectivity index (χ1) is 16.3. The van der Waals surface area contributed by atoms with Gasteiger partial charge in [-0.2, -0.15) is 4.98 Å². The quantitative estimate of drug-likeness (QED) is 0.352. The Bertz CT molecular complexity index is 1300. The van der Waals surface area contributed by atoms with Gasteiger partial charge in [-0.15, -0.1) is 16.4 Å². The predicted molar refractivity (Wildman–Crippen MR) is 133 cm³/mol. The van der Waals surface area contributed by atoms with Crippen LogP contribution in [0.25, 0.3) is 16.4 Å². The summed E-state index contributed by atoms with van der Waals surface area (Å²) in [5, 5.41) is 9.24. The Morgan fingerprint density at radius 3 is 2.44 bits per heavy atom. The van der Waals surface area contributed by atoms with Crippen LogP contribution in [0.15, 0.2) is 66.0 Å². The SMILES string of the molecule is Cc1cccc(C(C)C)c1NC(=O)C(C)OC(=O)c1nc(-c2cccs2)n(-c2ccccc2)n1. The highest BCUT2D eigenvalue weighted by Gasteiger charge is 2.25. The average molecular weight is 475 g/mol. The second-order valence-electron chi connectivity index (χ2n) is 8.21. The van der Waals surface area contributed by atoms with Crippen LogP contribution < -0.4 is 5.32 Å². The van der Waals surface area contributed by atoms with E-state index in [0.717, 1.165) is 27.4 Å². The minimum absolute atomic E-state index is 0.106. The Morgan fingerprint density at radius 2 is 1.76 bits per heavy atom. The smallest absolute Gasteiger partial charge is 0.379 e. The molecule has 0 aliphatic carbocycles. The zero-order valence-corrected chi connectivity index (χ0v) is 20.3. The van der Waals surface area contributed by atoms with E-state index in [1.54, 1.807) is 4.68 Å². The highest BCUT2D eigenvalue weighted by molar-refractivity contribution is 7.13. The molecule has 0 fully saturated rings. The maximum Gasteiger partial charge on any atom is 0.379 e. The van der Waals surface area contributed by atoms with E-state index in [1.807, 2.05) is 73.0 Å². The number of hydrogen-bond donors (Lipinski definition) is 1. The maximum absolute atomic E-state index is 12.9. The Hall–Kier alpha value is -3.78. The van der Waals surface area contributed by atoms with Crippen molar-refractivity contribution in [2.45, 2.75) is 39.7 Å². The lowest BCUT2D eigenvalue weighted by atomic mass is 9.98. The van der Waals surface area contributed by atoms with E-state index in [-0.39, 0.29) is 11.7 Å². The van der Waals surface area contributed by atoms with Gasteiger partial charge in [0.15, 0.2) is 11.9 Å². The summed E-state index contributed by atoms with van der Waals surface area (Å²) >= 11 is 1.50. The number of carbonyl (C=O) groups excluding carboxylic acids is 2. The number of aryl methyl sites for hydroxylation is 1. The second kappa shape index (κ2) is 10.0. The fraction of sp³-hybridized carbons (Fsp3) is 0.231. The van der Waals surface area contributed by atoms with Gasteiger partial charge >= 0.3 is 5.97 Å². The molecule has 0 bridgehead atoms. The van der Waals surface area contributed by atoms with Crippen LogP contribution in [0.1, 0.15) is 48.4 Å². The van der Waals surface area contributed by atoms with Crippen LogP contribution in [-0.2, 0) is 9.53 Å². The minimum Gasteiger partial charge on any atom is -0.447 e. The molecule has 8 heteroatoms. The zero-order valence-electron chi connectivity index (χ0n) is 19.5. The van der Waals surface area contributed by atoms with Crippen molar-refractivity contribution in [1.82, 2.24) is 14.8 Å². The Morgan fingerprint density at radius 1 is 1.00 bits per heavy atom. The molecule has 174 valence electrons. The van der Waals surface area contributed by atoms with E-state index >= 15 is 0 Å². The Balaban J connectivity index is 1.55. The summed E-state index contributed by atoms with van der Waals surface area (Å²) in [5.74, 6) is -0.512. The fourth-order valence-corrected chi connectivity index (χ4v) is 4.25. The van der Waals surface area contributed by atoms with Crippen molar-refractivity contribution in [3.05, 3.63) is 83.0 Å². The van der Waals surface area contributed by atoms with E-state index in [4.69, 9.17) is 4.74 Å². The lowest BCUT2D eigenvalue weighted by Gasteiger charge is -2.18. The summed E-state index contributed by atoms with van der Waals surface area (Å²) < 4.78 is 7.05. The topological polar surface area (TPSA) is 86.1 Å². The lowest BCUT2D eigenvalue weighted by molar-refractivity contribution is -0.123. The first-order valence-corrected chi connectivity index (χ1v) is 11.9. The van der Waals surface area contributed by atoms with Gasteiger partial charge < -0.3 is 10.1 Å². The molecule has 2 aromatic carbocycles. The number of amides is 1. The summed E-state index contributed by atoms with van der Waals surface area (Å²) in [7, 11) is 0. The largest absolute Gasteiger partial charge is 0.447 e. The van der Waals surface area contributed by atoms with Crippen molar-refractivity contribution in [2.75, 3.05) is 5.32 Å². The standard InChI is InChI=1S/C26H26N4O3S/c1-16(2)20-13-8-10-17(3)22(20)27-25(31)18(4)33-26(32)23-28-24(21-14-9-15-34-21)30(29-23)19-11-6-5-7-12-19/h5-16,18H,1-4H3,(H,27,31). The monoisotopic (exact) mass is 474 g/mol. The normalized spacial score (nSPS) is 11.9. The molecule has 4 rings (SSSR count). The third-order valence-electron chi connectivity index (χ3n) is 5.36. The highest BCUT2D eigenvalue weighted by Crippen LogP contribution is 2.28. The number of nitrogens with one attached hydrogen (secondary N) is 1. The van der Waals surface area contributed by atoms with E-state index in [1.165, 1.54) is 18.3 Å². The summed E-state index contributed by atoms with van der Waals surface area (Å²) in [5.41, 5.74) is 3.48. The zero-order chi connectivity index (χ0) is 24.2. The predicted octanol–water partition coefficient (Wildman–Crippen LogP) is 5.61. The fourth-order valence-electron chi connectivity index (χ4n) is 3.55. The molecule has 0 radical (unpaired) electrons. The Labute approximate surface area is 202 Å². The summed E-state index contributed by atoms with van der Waals surface area (Å²) in [6.07, 6.45) is -1.03. The van der Waals surface area contributed by atoms with Gasteiger partial charge in [-0.05, 0) is 54.5 Å². The molecule has 0 saturated carbocycles. The number of thiophene rings is 1. The first kappa shape index (κ1) is 23.4. The molecule has 1 N–H and O–H groups in total. The van der Waals surface area contributed by atoms with Crippen molar-refractivity contribution >= 4 is 28.9 Å². The van der Waals surface area contributed by atoms with Crippen molar-refractivity contribution in [2.24, 2.45) is 0 Å². The minimum atomic E-state index is -1.03. The number of ether oxygens (including phenoxy) is 1. The number of nitrogens with zero attached hydrogens (tertiary/aromatic N) is 3. The molecule has 4 aromatic rings. The van der Waals surface area contributed by atoms with Crippen LogP contribution in [0.3, 0.4) is 0 Å². The van der Waals surface area contributed by atoms with Crippen LogP contribution >= 0.6 is 11.3 Å². The van der Waals surface area contributed by atoms with E-state index in [2.05, 4.69) is 29.2 Å². The van der Waals surface area contributed by atoms with Gasteiger partial charge in [0.1, 0.15) is 0 Å². The average Bonchev–Trinajstić information content (AvgIpc) is 3.50.